The van der Waals surface area contributed by atoms with Crippen LogP contribution in [0.25, 0.3) is 0 Å². The molecule has 0 radical (unpaired) electrons. The van der Waals surface area contributed by atoms with Gasteiger partial charge in [0.1, 0.15) is 0 Å². The van der Waals surface area contributed by atoms with Gasteiger partial charge in [-0.25, -0.2) is 0 Å². The smallest absolute Gasteiger partial charge is 0.222 e. The van der Waals surface area contributed by atoms with E-state index in [1.54, 1.807) is 0 Å². The number of nitrogens with one attached hydrogen (secondary N) is 1. The van der Waals surface area contributed by atoms with Gasteiger partial charge in [0.05, 0.1) is 13.2 Å². The van der Waals surface area contributed by atoms with Crippen LogP contribution in [-0.4, -0.2) is 74.7 Å². The van der Waals surface area contributed by atoms with E-state index in [0.29, 0.717) is 31.6 Å². The monoisotopic (exact) mass is 283 g/mol. The zero-order valence-electron chi connectivity index (χ0n) is 12.8. The first kappa shape index (κ1) is 15.7. The number of likely N-dealkylation sites (tertiary alicyclic amines) is 1. The molecule has 2 aliphatic heterocycles. The van der Waals surface area contributed by atoms with E-state index in [4.69, 9.17) is 4.74 Å². The average molecular weight is 283 g/mol. The fourth-order valence-electron chi connectivity index (χ4n) is 3.23. The van der Waals surface area contributed by atoms with Crippen molar-refractivity contribution in [2.75, 3.05) is 53.0 Å². The molecule has 1 unspecified atom stereocenters. The highest BCUT2D eigenvalue weighted by molar-refractivity contribution is 5.76. The molecule has 2 saturated heterocycles. The number of hydrogen-bond donors (Lipinski definition) is 1. The SMILES string of the molecule is CNCC1CCCCN1CCCC(=O)N1CCOCC1. The summed E-state index contributed by atoms with van der Waals surface area (Å²) in [5.41, 5.74) is 0. The summed E-state index contributed by atoms with van der Waals surface area (Å²) in [5, 5.41) is 3.29. The first-order valence-corrected chi connectivity index (χ1v) is 8.05. The van der Waals surface area contributed by atoms with E-state index in [1.807, 2.05) is 11.9 Å². The molecule has 2 fully saturated rings. The second-order valence-electron chi connectivity index (χ2n) is 5.84. The van der Waals surface area contributed by atoms with Gasteiger partial charge in [-0.2, -0.15) is 0 Å². The normalized spacial score (nSPS) is 24.9. The number of likely N-dealkylation sites (N-methyl/N-ethyl adjacent to an activating group) is 1. The third-order valence-electron chi connectivity index (χ3n) is 4.39. The van der Waals surface area contributed by atoms with E-state index in [-0.39, 0.29) is 0 Å². The Morgan fingerprint density at radius 3 is 2.80 bits per heavy atom. The van der Waals surface area contributed by atoms with Crippen molar-refractivity contribution in [1.29, 1.82) is 0 Å². The minimum Gasteiger partial charge on any atom is -0.378 e. The number of piperidine rings is 1. The van der Waals surface area contributed by atoms with Crippen molar-refractivity contribution in [2.24, 2.45) is 0 Å². The number of amides is 1. The number of hydrogen-bond acceptors (Lipinski definition) is 4. The Morgan fingerprint density at radius 2 is 2.05 bits per heavy atom. The zero-order valence-corrected chi connectivity index (χ0v) is 12.8. The largest absolute Gasteiger partial charge is 0.378 e. The summed E-state index contributed by atoms with van der Waals surface area (Å²) in [7, 11) is 2.02. The molecule has 1 amide bonds. The quantitative estimate of drug-likeness (QED) is 0.779. The molecule has 20 heavy (non-hydrogen) atoms. The van der Waals surface area contributed by atoms with Gasteiger partial charge in [0.25, 0.3) is 0 Å². The lowest BCUT2D eigenvalue weighted by atomic mass is 10.0. The summed E-state index contributed by atoms with van der Waals surface area (Å²) in [5.74, 6) is 0.301. The van der Waals surface area contributed by atoms with Crippen LogP contribution in [0.5, 0.6) is 0 Å². The number of morpholine rings is 1. The van der Waals surface area contributed by atoms with Crippen LogP contribution in [0.2, 0.25) is 0 Å². The Kier molecular flexibility index (Phi) is 6.76. The first-order valence-electron chi connectivity index (χ1n) is 8.05. The summed E-state index contributed by atoms with van der Waals surface area (Å²) in [6.45, 7) is 6.25. The predicted octanol–water partition coefficient (Wildman–Crippen LogP) is 0.699. The third-order valence-corrected chi connectivity index (χ3v) is 4.39. The van der Waals surface area contributed by atoms with Crippen LogP contribution in [0.15, 0.2) is 0 Å². The van der Waals surface area contributed by atoms with E-state index in [0.717, 1.165) is 32.6 Å². The van der Waals surface area contributed by atoms with Crippen molar-refractivity contribution in [2.45, 2.75) is 38.1 Å². The summed E-state index contributed by atoms with van der Waals surface area (Å²) in [6.07, 6.45) is 5.60. The Morgan fingerprint density at radius 1 is 1.25 bits per heavy atom. The third kappa shape index (κ3) is 4.72. The fourth-order valence-corrected chi connectivity index (χ4v) is 3.23. The highest BCUT2D eigenvalue weighted by Crippen LogP contribution is 2.17. The lowest BCUT2D eigenvalue weighted by Crippen LogP contribution is -2.45. The molecule has 1 N–H and O–H groups in total. The van der Waals surface area contributed by atoms with Gasteiger partial charge in [-0.15, -0.1) is 0 Å². The van der Waals surface area contributed by atoms with E-state index in [1.165, 1.54) is 25.8 Å². The van der Waals surface area contributed by atoms with Gasteiger partial charge in [-0.05, 0) is 39.4 Å². The van der Waals surface area contributed by atoms with Crippen molar-refractivity contribution in [1.82, 2.24) is 15.1 Å². The molecule has 116 valence electrons. The van der Waals surface area contributed by atoms with Crippen molar-refractivity contribution in [3.8, 4) is 0 Å². The zero-order chi connectivity index (χ0) is 14.2. The molecule has 0 aromatic heterocycles. The molecule has 2 rings (SSSR count). The molecule has 0 aliphatic carbocycles. The average Bonchev–Trinajstić information content (AvgIpc) is 2.50. The lowest BCUT2D eigenvalue weighted by molar-refractivity contribution is -0.135. The van der Waals surface area contributed by atoms with Crippen LogP contribution in [0, 0.1) is 0 Å². The molecule has 2 aliphatic rings. The maximum absolute atomic E-state index is 12.1. The number of rotatable bonds is 6. The highest BCUT2D eigenvalue weighted by Gasteiger charge is 2.22. The van der Waals surface area contributed by atoms with Crippen molar-refractivity contribution in [3.63, 3.8) is 0 Å². The molecule has 1 atom stereocenters. The number of ether oxygens (including phenoxy) is 1. The van der Waals surface area contributed by atoms with E-state index in [9.17, 15) is 4.79 Å². The Labute approximate surface area is 122 Å². The molecule has 0 saturated carbocycles. The van der Waals surface area contributed by atoms with Crippen LogP contribution in [0.1, 0.15) is 32.1 Å². The molecule has 0 aromatic carbocycles. The van der Waals surface area contributed by atoms with Gasteiger partial charge in [0, 0.05) is 32.1 Å². The molecular formula is C15H29N3O2. The summed E-state index contributed by atoms with van der Waals surface area (Å²) in [6, 6.07) is 0.659. The Bertz CT molecular complexity index is 291. The van der Waals surface area contributed by atoms with Crippen LogP contribution in [0.3, 0.4) is 0 Å². The van der Waals surface area contributed by atoms with Crippen molar-refractivity contribution < 1.29 is 9.53 Å². The highest BCUT2D eigenvalue weighted by atomic mass is 16.5. The van der Waals surface area contributed by atoms with Gasteiger partial charge >= 0.3 is 0 Å². The topological polar surface area (TPSA) is 44.8 Å². The van der Waals surface area contributed by atoms with Gasteiger partial charge < -0.3 is 15.0 Å². The van der Waals surface area contributed by atoms with Gasteiger partial charge in [-0.1, -0.05) is 6.42 Å². The van der Waals surface area contributed by atoms with Gasteiger partial charge in [0.15, 0.2) is 0 Å². The maximum atomic E-state index is 12.1. The Hall–Kier alpha value is -0.650. The van der Waals surface area contributed by atoms with E-state index < -0.39 is 0 Å². The van der Waals surface area contributed by atoms with Crippen LogP contribution >= 0.6 is 0 Å². The minimum atomic E-state index is 0.301. The van der Waals surface area contributed by atoms with Gasteiger partial charge in [-0.3, -0.25) is 9.69 Å². The van der Waals surface area contributed by atoms with E-state index >= 15 is 0 Å². The summed E-state index contributed by atoms with van der Waals surface area (Å²) >= 11 is 0. The molecule has 5 nitrogen and oxygen atoms in total. The maximum Gasteiger partial charge on any atom is 0.222 e. The number of carbonyl (C=O) groups is 1. The Balaban J connectivity index is 1.66. The number of carbonyl (C=O) groups excluding carboxylic acids is 1. The molecule has 0 spiro atoms. The second-order valence-corrected chi connectivity index (χ2v) is 5.84. The molecule has 2 heterocycles. The van der Waals surface area contributed by atoms with Gasteiger partial charge in [0.2, 0.25) is 5.91 Å². The standard InChI is InChI=1S/C15H29N3O2/c1-16-13-14-5-2-3-7-17(14)8-4-6-15(19)18-9-11-20-12-10-18/h14,16H,2-13H2,1H3. The second kappa shape index (κ2) is 8.60. The predicted molar refractivity (Wildman–Crippen MR) is 79.8 cm³/mol. The molecule has 0 bridgehead atoms. The lowest BCUT2D eigenvalue weighted by Gasteiger charge is -2.35. The van der Waals surface area contributed by atoms with Crippen LogP contribution in [0.4, 0.5) is 0 Å². The molecule has 0 aromatic rings. The molecule has 5 heteroatoms. The first-order chi connectivity index (χ1) is 9.81. The minimum absolute atomic E-state index is 0.301. The van der Waals surface area contributed by atoms with Crippen LogP contribution < -0.4 is 5.32 Å². The summed E-state index contributed by atoms with van der Waals surface area (Å²) < 4.78 is 5.28. The fraction of sp³-hybridized carbons (Fsp3) is 0.933. The van der Waals surface area contributed by atoms with E-state index in [2.05, 4.69) is 10.2 Å². The van der Waals surface area contributed by atoms with Crippen LogP contribution in [-0.2, 0) is 9.53 Å². The van der Waals surface area contributed by atoms with Crippen molar-refractivity contribution >= 4 is 5.91 Å². The number of nitrogens with zero attached hydrogens (tertiary/aromatic N) is 2. The summed E-state index contributed by atoms with van der Waals surface area (Å²) in [4.78, 5) is 16.6. The molecular weight excluding hydrogens is 254 g/mol. The van der Waals surface area contributed by atoms with Crippen molar-refractivity contribution in [3.05, 3.63) is 0 Å².